The summed E-state index contributed by atoms with van der Waals surface area (Å²) in [6.45, 7) is 1.34. The lowest BCUT2D eigenvalue weighted by atomic mass is 9.76. The monoisotopic (exact) mass is 424 g/mol. The van der Waals surface area contributed by atoms with Crippen LogP contribution < -0.4 is 0 Å². The Morgan fingerprint density at radius 2 is 1.41 bits per heavy atom. The van der Waals surface area contributed by atoms with Crippen LogP contribution in [0.4, 0.5) is 0 Å². The molecule has 0 amide bonds. The van der Waals surface area contributed by atoms with Crippen LogP contribution in [0.5, 0.6) is 0 Å². The molecule has 1 aliphatic rings. The van der Waals surface area contributed by atoms with Gasteiger partial charge in [-0.15, -0.1) is 0 Å². The highest BCUT2D eigenvalue weighted by atomic mass is 79.9. The molecule has 1 aliphatic carbocycles. The minimum atomic E-state index is -0.164. The average molecular weight is 426 g/mol. The SMILES string of the molecule is COCCC1(COC)c2cc(Br)ccc2-c2ccc(Br)cc21. The van der Waals surface area contributed by atoms with Gasteiger partial charge in [0, 0.05) is 35.2 Å². The van der Waals surface area contributed by atoms with E-state index >= 15 is 0 Å². The van der Waals surface area contributed by atoms with Crippen molar-refractivity contribution in [2.75, 3.05) is 27.4 Å². The lowest BCUT2D eigenvalue weighted by Crippen LogP contribution is -2.32. The van der Waals surface area contributed by atoms with Gasteiger partial charge in [0.25, 0.3) is 0 Å². The fourth-order valence-corrected chi connectivity index (χ4v) is 4.18. The number of benzene rings is 2. The van der Waals surface area contributed by atoms with Crippen molar-refractivity contribution < 1.29 is 9.47 Å². The minimum absolute atomic E-state index is 0.164. The molecule has 0 spiro atoms. The average Bonchev–Trinajstić information content (AvgIpc) is 2.76. The lowest BCUT2D eigenvalue weighted by Gasteiger charge is -2.31. The highest BCUT2D eigenvalue weighted by molar-refractivity contribution is 9.10. The Morgan fingerprint density at radius 3 is 1.86 bits per heavy atom. The standard InChI is InChI=1S/C18H18Br2O2/c1-21-8-7-18(11-22-2)16-9-12(19)3-5-14(16)15-6-4-13(20)10-17(15)18/h3-6,9-10H,7-8,11H2,1-2H3. The van der Waals surface area contributed by atoms with Crippen LogP contribution in [-0.4, -0.2) is 27.4 Å². The van der Waals surface area contributed by atoms with Gasteiger partial charge in [0.1, 0.15) is 0 Å². The summed E-state index contributed by atoms with van der Waals surface area (Å²) in [6.07, 6.45) is 0.893. The van der Waals surface area contributed by atoms with E-state index in [2.05, 4.69) is 68.3 Å². The minimum Gasteiger partial charge on any atom is -0.385 e. The third-order valence-corrected chi connectivity index (χ3v) is 5.39. The Labute approximate surface area is 148 Å². The lowest BCUT2D eigenvalue weighted by molar-refractivity contribution is 0.115. The van der Waals surface area contributed by atoms with Gasteiger partial charge >= 0.3 is 0 Å². The van der Waals surface area contributed by atoms with E-state index in [9.17, 15) is 0 Å². The Morgan fingerprint density at radius 1 is 0.864 bits per heavy atom. The molecule has 0 N–H and O–H groups in total. The van der Waals surface area contributed by atoms with Crippen LogP contribution in [0.15, 0.2) is 45.3 Å². The molecule has 0 aromatic heterocycles. The maximum atomic E-state index is 5.63. The maximum absolute atomic E-state index is 5.63. The molecule has 0 unspecified atom stereocenters. The van der Waals surface area contributed by atoms with E-state index in [4.69, 9.17) is 9.47 Å². The zero-order valence-electron chi connectivity index (χ0n) is 12.7. The number of hydrogen-bond acceptors (Lipinski definition) is 2. The van der Waals surface area contributed by atoms with Gasteiger partial charge in [-0.05, 0) is 52.9 Å². The number of ether oxygens (including phenoxy) is 2. The number of rotatable bonds is 5. The molecule has 116 valence electrons. The highest BCUT2D eigenvalue weighted by Gasteiger charge is 2.43. The second-order valence-electron chi connectivity index (χ2n) is 5.64. The van der Waals surface area contributed by atoms with Crippen molar-refractivity contribution in [1.82, 2.24) is 0 Å². The van der Waals surface area contributed by atoms with Crippen molar-refractivity contribution >= 4 is 31.9 Å². The third kappa shape index (κ3) is 2.56. The first-order valence-corrected chi connectivity index (χ1v) is 8.79. The summed E-state index contributed by atoms with van der Waals surface area (Å²) in [5, 5.41) is 0. The predicted molar refractivity (Wildman–Crippen MR) is 96.4 cm³/mol. The Hall–Kier alpha value is -0.680. The molecular weight excluding hydrogens is 408 g/mol. The molecule has 0 fully saturated rings. The van der Waals surface area contributed by atoms with Crippen molar-refractivity contribution in [3.63, 3.8) is 0 Å². The Bertz CT molecular complexity index is 646. The maximum Gasteiger partial charge on any atom is 0.0601 e. The molecule has 0 saturated heterocycles. The van der Waals surface area contributed by atoms with Gasteiger partial charge in [-0.25, -0.2) is 0 Å². The fraction of sp³-hybridized carbons (Fsp3) is 0.333. The van der Waals surface area contributed by atoms with Crippen LogP contribution in [0.25, 0.3) is 11.1 Å². The first-order valence-electron chi connectivity index (χ1n) is 7.20. The molecule has 4 heteroatoms. The van der Waals surface area contributed by atoms with Gasteiger partial charge in [0.2, 0.25) is 0 Å². The van der Waals surface area contributed by atoms with Crippen molar-refractivity contribution in [2.24, 2.45) is 0 Å². The summed E-state index contributed by atoms with van der Waals surface area (Å²) < 4.78 is 13.2. The van der Waals surface area contributed by atoms with E-state index in [0.717, 1.165) is 15.4 Å². The summed E-state index contributed by atoms with van der Waals surface area (Å²) in [6, 6.07) is 13.0. The molecule has 0 aliphatic heterocycles. The van der Waals surface area contributed by atoms with Crippen LogP contribution >= 0.6 is 31.9 Å². The Balaban J connectivity index is 2.27. The second-order valence-corrected chi connectivity index (χ2v) is 7.47. The first-order chi connectivity index (χ1) is 10.6. The molecule has 0 radical (unpaired) electrons. The summed E-state index contributed by atoms with van der Waals surface area (Å²) in [7, 11) is 3.52. The van der Waals surface area contributed by atoms with Gasteiger partial charge in [-0.3, -0.25) is 0 Å². The second kappa shape index (κ2) is 6.44. The molecular formula is C18H18Br2O2. The van der Waals surface area contributed by atoms with Crippen molar-refractivity contribution in [3.05, 3.63) is 56.5 Å². The van der Waals surface area contributed by atoms with Gasteiger partial charge in [0.15, 0.2) is 0 Å². The largest absolute Gasteiger partial charge is 0.385 e. The zero-order chi connectivity index (χ0) is 15.7. The molecule has 0 bridgehead atoms. The molecule has 2 aromatic carbocycles. The van der Waals surface area contributed by atoms with E-state index in [-0.39, 0.29) is 5.41 Å². The smallest absolute Gasteiger partial charge is 0.0601 e. The van der Waals surface area contributed by atoms with Crippen molar-refractivity contribution in [3.8, 4) is 11.1 Å². The number of halogens is 2. The van der Waals surface area contributed by atoms with Crippen LogP contribution in [0, 0.1) is 0 Å². The summed E-state index contributed by atoms with van der Waals surface area (Å²) in [4.78, 5) is 0. The molecule has 2 aromatic rings. The molecule has 22 heavy (non-hydrogen) atoms. The summed E-state index contributed by atoms with van der Waals surface area (Å²) in [5.41, 5.74) is 5.05. The molecule has 0 atom stereocenters. The van der Waals surface area contributed by atoms with Crippen LogP contribution in [0.2, 0.25) is 0 Å². The zero-order valence-corrected chi connectivity index (χ0v) is 15.8. The van der Waals surface area contributed by atoms with Gasteiger partial charge in [-0.1, -0.05) is 44.0 Å². The third-order valence-electron chi connectivity index (χ3n) is 4.41. The number of hydrogen-bond donors (Lipinski definition) is 0. The van der Waals surface area contributed by atoms with E-state index < -0.39 is 0 Å². The van der Waals surface area contributed by atoms with Gasteiger partial charge in [-0.2, -0.15) is 0 Å². The van der Waals surface area contributed by atoms with E-state index in [0.29, 0.717) is 13.2 Å². The molecule has 0 saturated carbocycles. The molecule has 0 heterocycles. The normalized spacial score (nSPS) is 14.7. The van der Waals surface area contributed by atoms with Crippen molar-refractivity contribution in [1.29, 1.82) is 0 Å². The molecule has 2 nitrogen and oxygen atoms in total. The predicted octanol–water partition coefficient (Wildman–Crippen LogP) is 5.16. The number of fused-ring (bicyclic) bond motifs is 3. The first kappa shape index (κ1) is 16.2. The Kier molecular flexibility index (Phi) is 4.74. The fourth-order valence-electron chi connectivity index (χ4n) is 3.46. The van der Waals surface area contributed by atoms with Crippen LogP contribution in [-0.2, 0) is 14.9 Å². The molecule has 3 rings (SSSR count). The summed E-state index contributed by atoms with van der Waals surface area (Å²) in [5.74, 6) is 0. The van der Waals surface area contributed by atoms with Gasteiger partial charge < -0.3 is 9.47 Å². The summed E-state index contributed by atoms with van der Waals surface area (Å²) >= 11 is 7.23. The van der Waals surface area contributed by atoms with Crippen molar-refractivity contribution in [2.45, 2.75) is 11.8 Å². The van der Waals surface area contributed by atoms with E-state index in [1.165, 1.54) is 22.3 Å². The quantitative estimate of drug-likeness (QED) is 0.658. The van der Waals surface area contributed by atoms with Crippen LogP contribution in [0.1, 0.15) is 17.5 Å². The van der Waals surface area contributed by atoms with Crippen LogP contribution in [0.3, 0.4) is 0 Å². The highest BCUT2D eigenvalue weighted by Crippen LogP contribution is 2.52. The topological polar surface area (TPSA) is 18.5 Å². The number of methoxy groups -OCH3 is 2. The van der Waals surface area contributed by atoms with E-state index in [1.54, 1.807) is 14.2 Å². The van der Waals surface area contributed by atoms with E-state index in [1.807, 2.05) is 0 Å². The van der Waals surface area contributed by atoms with Gasteiger partial charge in [0.05, 0.1) is 6.61 Å².